The van der Waals surface area contributed by atoms with Crippen molar-refractivity contribution in [1.82, 2.24) is 19.3 Å². The highest BCUT2D eigenvalue weighted by Gasteiger charge is 2.17. The van der Waals surface area contributed by atoms with Crippen LogP contribution in [0.25, 0.3) is 16.7 Å². The molecule has 0 aromatic carbocycles. The van der Waals surface area contributed by atoms with Crippen LogP contribution in [0.3, 0.4) is 0 Å². The van der Waals surface area contributed by atoms with Crippen LogP contribution in [0.5, 0.6) is 5.88 Å². The average Bonchev–Trinajstić information content (AvgIpc) is 3.30. The Labute approximate surface area is 144 Å². The van der Waals surface area contributed by atoms with Crippen molar-refractivity contribution < 1.29 is 9.53 Å². The molecule has 0 aliphatic carbocycles. The molecule has 4 heterocycles. The monoisotopic (exact) mass is 340 g/mol. The molecule has 3 aromatic heterocycles. The van der Waals surface area contributed by atoms with Crippen molar-refractivity contribution in [3.05, 3.63) is 40.8 Å². The largest absolute Gasteiger partial charge is 0.478 e. The van der Waals surface area contributed by atoms with E-state index in [2.05, 4.69) is 9.97 Å². The number of fused-ring (bicyclic) bond motifs is 3. The average molecular weight is 340 g/mol. The van der Waals surface area contributed by atoms with Crippen molar-refractivity contribution in [2.45, 2.75) is 25.7 Å². The van der Waals surface area contributed by atoms with Crippen molar-refractivity contribution in [2.24, 2.45) is 0 Å². The molecule has 7 heteroatoms. The number of amides is 1. The molecule has 0 bridgehead atoms. The van der Waals surface area contributed by atoms with Crippen molar-refractivity contribution in [3.8, 4) is 5.88 Å². The van der Waals surface area contributed by atoms with Crippen molar-refractivity contribution >= 4 is 22.6 Å². The van der Waals surface area contributed by atoms with Gasteiger partial charge in [-0.15, -0.1) is 0 Å². The Kier molecular flexibility index (Phi) is 4.13. The summed E-state index contributed by atoms with van der Waals surface area (Å²) >= 11 is 0. The number of rotatable bonds is 5. The third kappa shape index (κ3) is 3.09. The summed E-state index contributed by atoms with van der Waals surface area (Å²) in [5.41, 5.74) is 1.71. The van der Waals surface area contributed by atoms with Gasteiger partial charge in [-0.05, 0) is 37.5 Å². The third-order valence-electron chi connectivity index (χ3n) is 4.55. The van der Waals surface area contributed by atoms with Crippen molar-refractivity contribution in [1.29, 1.82) is 0 Å². The predicted octanol–water partition coefficient (Wildman–Crippen LogP) is 1.96. The van der Waals surface area contributed by atoms with E-state index in [1.165, 1.54) is 0 Å². The molecule has 0 spiro atoms. The number of aromatic amines is 1. The number of nitrogens with zero attached hydrogens (tertiary/aromatic N) is 3. The molecule has 1 aliphatic heterocycles. The fraction of sp³-hybridized carbons (Fsp3) is 0.389. The van der Waals surface area contributed by atoms with Crippen LogP contribution in [0.2, 0.25) is 0 Å². The summed E-state index contributed by atoms with van der Waals surface area (Å²) in [4.78, 5) is 33.2. The number of aromatic nitrogens is 3. The maximum absolute atomic E-state index is 12.0. The van der Waals surface area contributed by atoms with Crippen molar-refractivity contribution in [3.63, 3.8) is 0 Å². The number of carbonyl (C=O) groups is 1. The normalized spacial score (nSPS) is 14.5. The molecule has 3 aromatic rings. The summed E-state index contributed by atoms with van der Waals surface area (Å²) in [6.07, 6.45) is 5.19. The molecular formula is C18H20N4O3. The number of likely N-dealkylation sites (tertiary alicyclic amines) is 1. The van der Waals surface area contributed by atoms with Crippen LogP contribution in [0, 0.1) is 0 Å². The van der Waals surface area contributed by atoms with E-state index < -0.39 is 0 Å². The number of pyridine rings is 1. The topological polar surface area (TPSA) is 79.7 Å². The van der Waals surface area contributed by atoms with Gasteiger partial charge in [-0.2, -0.15) is 4.98 Å². The van der Waals surface area contributed by atoms with Gasteiger partial charge < -0.3 is 14.6 Å². The van der Waals surface area contributed by atoms with E-state index in [4.69, 9.17) is 4.74 Å². The highest BCUT2D eigenvalue weighted by Crippen LogP contribution is 2.16. The first-order valence-electron chi connectivity index (χ1n) is 8.63. The van der Waals surface area contributed by atoms with Crippen molar-refractivity contribution in [2.75, 3.05) is 19.7 Å². The lowest BCUT2D eigenvalue weighted by atomic mass is 10.3. The maximum atomic E-state index is 12.0. The van der Waals surface area contributed by atoms with E-state index in [9.17, 15) is 9.59 Å². The van der Waals surface area contributed by atoms with E-state index in [1.807, 2.05) is 11.0 Å². The summed E-state index contributed by atoms with van der Waals surface area (Å²) in [5, 5.41) is 0. The first-order valence-corrected chi connectivity index (χ1v) is 8.63. The lowest BCUT2D eigenvalue weighted by Crippen LogP contribution is -2.27. The van der Waals surface area contributed by atoms with Crippen LogP contribution in [0.4, 0.5) is 0 Å². The Hall–Kier alpha value is -2.83. The molecule has 1 N–H and O–H groups in total. The second-order valence-corrected chi connectivity index (χ2v) is 6.28. The number of nitrogens with one attached hydrogen (secondary N) is 1. The minimum atomic E-state index is -0.145. The van der Waals surface area contributed by atoms with Gasteiger partial charge in [0.2, 0.25) is 11.8 Å². The minimum absolute atomic E-state index is 0.145. The van der Waals surface area contributed by atoms with Gasteiger partial charge in [-0.25, -0.2) is 0 Å². The Balaban J connectivity index is 1.42. The molecule has 0 radical (unpaired) electrons. The standard InChI is InChI=1S/C18H20N4O3/c23-16(21-9-1-2-10-21)6-4-12-25-15-8-7-13-17(20-15)22-11-3-5-14(22)18(24)19-13/h3,5,7-8,11H,1-2,4,6,9-10,12H2,(H,19,24). The van der Waals surface area contributed by atoms with Gasteiger partial charge in [0.05, 0.1) is 12.1 Å². The van der Waals surface area contributed by atoms with Crippen LogP contribution in [-0.4, -0.2) is 44.9 Å². The quantitative estimate of drug-likeness (QED) is 0.720. The first kappa shape index (κ1) is 15.7. The molecule has 0 unspecified atom stereocenters. The molecule has 0 atom stereocenters. The molecule has 1 amide bonds. The van der Waals surface area contributed by atoms with Gasteiger partial charge >= 0.3 is 0 Å². The molecule has 1 aliphatic rings. The first-order chi connectivity index (χ1) is 12.2. The molecule has 0 saturated carbocycles. The highest BCUT2D eigenvalue weighted by molar-refractivity contribution is 5.76. The molecule has 130 valence electrons. The van der Waals surface area contributed by atoms with Crippen LogP contribution in [0.15, 0.2) is 35.3 Å². The lowest BCUT2D eigenvalue weighted by Gasteiger charge is -2.14. The molecule has 25 heavy (non-hydrogen) atoms. The number of H-pyrrole nitrogens is 1. The van der Waals surface area contributed by atoms with Gasteiger partial charge in [0.1, 0.15) is 5.52 Å². The van der Waals surface area contributed by atoms with Crippen LogP contribution in [0.1, 0.15) is 25.7 Å². The second kappa shape index (κ2) is 6.58. The Bertz CT molecular complexity index is 969. The van der Waals surface area contributed by atoms with Crippen LogP contribution >= 0.6 is 0 Å². The summed E-state index contributed by atoms with van der Waals surface area (Å²) < 4.78 is 7.44. The Morgan fingerprint density at radius 2 is 2.08 bits per heavy atom. The van der Waals surface area contributed by atoms with E-state index in [0.717, 1.165) is 25.9 Å². The summed E-state index contributed by atoms with van der Waals surface area (Å²) in [6.45, 7) is 2.21. The van der Waals surface area contributed by atoms with Gasteiger partial charge in [0.25, 0.3) is 5.56 Å². The second-order valence-electron chi connectivity index (χ2n) is 6.28. The fourth-order valence-corrected chi connectivity index (χ4v) is 3.25. The fourth-order valence-electron chi connectivity index (χ4n) is 3.25. The van der Waals surface area contributed by atoms with Gasteiger partial charge in [-0.1, -0.05) is 0 Å². The zero-order valence-corrected chi connectivity index (χ0v) is 13.9. The Morgan fingerprint density at radius 3 is 2.92 bits per heavy atom. The zero-order chi connectivity index (χ0) is 17.2. The molecule has 1 fully saturated rings. The molecule has 1 saturated heterocycles. The number of hydrogen-bond donors (Lipinski definition) is 1. The van der Waals surface area contributed by atoms with Gasteiger partial charge in [0.15, 0.2) is 5.65 Å². The number of carbonyl (C=O) groups excluding carboxylic acids is 1. The Morgan fingerprint density at radius 1 is 1.24 bits per heavy atom. The molecule has 4 rings (SSSR count). The van der Waals surface area contributed by atoms with E-state index in [-0.39, 0.29) is 11.5 Å². The van der Waals surface area contributed by atoms with E-state index in [1.54, 1.807) is 28.8 Å². The van der Waals surface area contributed by atoms with Crippen LogP contribution < -0.4 is 10.3 Å². The highest BCUT2D eigenvalue weighted by atomic mass is 16.5. The van der Waals surface area contributed by atoms with Crippen LogP contribution in [-0.2, 0) is 4.79 Å². The third-order valence-corrected chi connectivity index (χ3v) is 4.55. The minimum Gasteiger partial charge on any atom is -0.478 e. The summed E-state index contributed by atoms with van der Waals surface area (Å²) in [5.74, 6) is 0.697. The van der Waals surface area contributed by atoms with E-state index >= 15 is 0 Å². The van der Waals surface area contributed by atoms with Gasteiger partial charge in [-0.3, -0.25) is 14.0 Å². The predicted molar refractivity (Wildman–Crippen MR) is 93.9 cm³/mol. The molecule has 7 nitrogen and oxygen atoms in total. The van der Waals surface area contributed by atoms with E-state index in [0.29, 0.717) is 42.0 Å². The maximum Gasteiger partial charge on any atom is 0.272 e. The summed E-state index contributed by atoms with van der Waals surface area (Å²) in [7, 11) is 0. The zero-order valence-electron chi connectivity index (χ0n) is 13.9. The summed E-state index contributed by atoms with van der Waals surface area (Å²) in [6, 6.07) is 7.07. The van der Waals surface area contributed by atoms with Gasteiger partial charge in [0, 0.05) is 31.8 Å². The lowest BCUT2D eigenvalue weighted by molar-refractivity contribution is -0.130. The number of hydrogen-bond acceptors (Lipinski definition) is 4. The SMILES string of the molecule is O=C(CCCOc1ccc2[nH]c(=O)c3cccn3c2n1)N1CCCC1. The smallest absolute Gasteiger partial charge is 0.272 e. The number of ether oxygens (including phenoxy) is 1. The molecular weight excluding hydrogens is 320 g/mol.